The van der Waals surface area contributed by atoms with Crippen molar-refractivity contribution in [1.29, 1.82) is 0 Å². The quantitative estimate of drug-likeness (QED) is 0.864. The SMILES string of the molecule is CSC[C@H](C)C(=O)N1CCn2cccc2[C@@H]1c1ccccc1. The zero-order chi connectivity index (χ0) is 15.5. The van der Waals surface area contributed by atoms with Gasteiger partial charge < -0.3 is 9.47 Å². The third-order valence-corrected chi connectivity index (χ3v) is 5.11. The Labute approximate surface area is 136 Å². The summed E-state index contributed by atoms with van der Waals surface area (Å²) in [6.45, 7) is 3.69. The summed E-state index contributed by atoms with van der Waals surface area (Å²) in [5, 5.41) is 0. The predicted molar refractivity (Wildman–Crippen MR) is 92.0 cm³/mol. The summed E-state index contributed by atoms with van der Waals surface area (Å²) >= 11 is 1.73. The molecule has 0 saturated heterocycles. The molecular weight excluding hydrogens is 292 g/mol. The molecule has 1 aromatic carbocycles. The summed E-state index contributed by atoms with van der Waals surface area (Å²) in [7, 11) is 0. The number of rotatable bonds is 4. The Bertz CT molecular complexity index is 638. The van der Waals surface area contributed by atoms with E-state index in [1.54, 1.807) is 11.8 Å². The van der Waals surface area contributed by atoms with Crippen LogP contribution in [0.3, 0.4) is 0 Å². The monoisotopic (exact) mass is 314 g/mol. The lowest BCUT2D eigenvalue weighted by Crippen LogP contribution is -2.45. The lowest BCUT2D eigenvalue weighted by molar-refractivity contribution is -0.137. The molecule has 0 unspecified atom stereocenters. The Kier molecular flexibility index (Phi) is 4.57. The molecule has 1 amide bonds. The number of fused-ring (bicyclic) bond motifs is 1. The average Bonchev–Trinajstić information content (AvgIpc) is 3.02. The molecule has 1 aromatic heterocycles. The van der Waals surface area contributed by atoms with Crippen molar-refractivity contribution in [2.75, 3.05) is 18.6 Å². The lowest BCUT2D eigenvalue weighted by atomic mass is 9.98. The molecule has 1 aliphatic rings. The van der Waals surface area contributed by atoms with E-state index >= 15 is 0 Å². The van der Waals surface area contributed by atoms with Crippen LogP contribution >= 0.6 is 11.8 Å². The smallest absolute Gasteiger partial charge is 0.227 e. The van der Waals surface area contributed by atoms with E-state index in [4.69, 9.17) is 0 Å². The van der Waals surface area contributed by atoms with Crippen molar-refractivity contribution in [3.63, 3.8) is 0 Å². The maximum atomic E-state index is 12.9. The zero-order valence-electron chi connectivity index (χ0n) is 13.1. The Morgan fingerprint density at radius 2 is 2.00 bits per heavy atom. The van der Waals surface area contributed by atoms with Crippen LogP contribution < -0.4 is 0 Å². The van der Waals surface area contributed by atoms with Crippen LogP contribution in [-0.2, 0) is 11.3 Å². The number of amides is 1. The van der Waals surface area contributed by atoms with E-state index in [0.29, 0.717) is 0 Å². The van der Waals surface area contributed by atoms with Crippen molar-refractivity contribution < 1.29 is 4.79 Å². The van der Waals surface area contributed by atoms with E-state index in [2.05, 4.69) is 46.2 Å². The van der Waals surface area contributed by atoms with E-state index in [0.717, 1.165) is 18.8 Å². The van der Waals surface area contributed by atoms with E-state index in [1.165, 1.54) is 11.3 Å². The highest BCUT2D eigenvalue weighted by molar-refractivity contribution is 7.98. The van der Waals surface area contributed by atoms with Crippen molar-refractivity contribution in [3.8, 4) is 0 Å². The third-order valence-electron chi connectivity index (χ3n) is 4.27. The molecule has 3 nitrogen and oxygen atoms in total. The fraction of sp³-hybridized carbons (Fsp3) is 0.389. The molecule has 22 heavy (non-hydrogen) atoms. The molecule has 0 saturated carbocycles. The molecule has 0 radical (unpaired) electrons. The molecule has 0 N–H and O–H groups in total. The van der Waals surface area contributed by atoms with Crippen molar-refractivity contribution in [1.82, 2.24) is 9.47 Å². The number of hydrogen-bond acceptors (Lipinski definition) is 2. The van der Waals surface area contributed by atoms with E-state index < -0.39 is 0 Å². The van der Waals surface area contributed by atoms with Gasteiger partial charge in [0, 0.05) is 36.7 Å². The minimum Gasteiger partial charge on any atom is -0.348 e. The van der Waals surface area contributed by atoms with Crippen LogP contribution in [0.15, 0.2) is 48.7 Å². The second-order valence-electron chi connectivity index (χ2n) is 5.83. The number of aromatic nitrogens is 1. The Morgan fingerprint density at radius 3 is 2.73 bits per heavy atom. The molecule has 2 atom stereocenters. The van der Waals surface area contributed by atoms with Gasteiger partial charge in [-0.2, -0.15) is 11.8 Å². The van der Waals surface area contributed by atoms with Gasteiger partial charge in [-0.15, -0.1) is 0 Å². The number of benzene rings is 1. The lowest BCUT2D eigenvalue weighted by Gasteiger charge is -2.38. The van der Waals surface area contributed by atoms with Crippen LogP contribution in [0.4, 0.5) is 0 Å². The van der Waals surface area contributed by atoms with Gasteiger partial charge in [0.2, 0.25) is 5.91 Å². The van der Waals surface area contributed by atoms with Crippen LogP contribution in [0.2, 0.25) is 0 Å². The molecule has 0 spiro atoms. The normalized spacial score (nSPS) is 18.8. The fourth-order valence-electron chi connectivity index (χ4n) is 3.21. The highest BCUT2D eigenvalue weighted by atomic mass is 32.2. The van der Waals surface area contributed by atoms with Gasteiger partial charge in [-0.1, -0.05) is 37.3 Å². The van der Waals surface area contributed by atoms with Crippen molar-refractivity contribution >= 4 is 17.7 Å². The maximum absolute atomic E-state index is 12.9. The summed E-state index contributed by atoms with van der Waals surface area (Å²) in [6, 6.07) is 14.6. The first kappa shape index (κ1) is 15.2. The molecule has 2 heterocycles. The van der Waals surface area contributed by atoms with Gasteiger partial charge >= 0.3 is 0 Å². The fourth-order valence-corrected chi connectivity index (χ4v) is 3.85. The number of nitrogens with zero attached hydrogens (tertiary/aromatic N) is 2. The van der Waals surface area contributed by atoms with Gasteiger partial charge in [0.1, 0.15) is 0 Å². The highest BCUT2D eigenvalue weighted by Gasteiger charge is 2.33. The molecule has 0 fully saturated rings. The third kappa shape index (κ3) is 2.80. The van der Waals surface area contributed by atoms with Gasteiger partial charge in [0.05, 0.1) is 6.04 Å². The van der Waals surface area contributed by atoms with Crippen LogP contribution in [0, 0.1) is 5.92 Å². The first-order chi connectivity index (χ1) is 10.7. The predicted octanol–water partition coefficient (Wildman–Crippen LogP) is 3.42. The summed E-state index contributed by atoms with van der Waals surface area (Å²) in [5.41, 5.74) is 2.40. The molecule has 0 bridgehead atoms. The first-order valence-corrected chi connectivity index (χ1v) is 9.11. The van der Waals surface area contributed by atoms with Gasteiger partial charge in [0.25, 0.3) is 0 Å². The van der Waals surface area contributed by atoms with E-state index in [1.807, 2.05) is 25.1 Å². The molecule has 3 rings (SSSR count). The number of carbonyl (C=O) groups is 1. The zero-order valence-corrected chi connectivity index (χ0v) is 13.9. The Morgan fingerprint density at radius 1 is 1.23 bits per heavy atom. The Hall–Kier alpha value is -1.68. The first-order valence-electron chi connectivity index (χ1n) is 7.71. The summed E-state index contributed by atoms with van der Waals surface area (Å²) in [6.07, 6.45) is 4.16. The minimum absolute atomic E-state index is 0.0294. The molecule has 116 valence electrons. The topological polar surface area (TPSA) is 25.2 Å². The second kappa shape index (κ2) is 6.61. The highest BCUT2D eigenvalue weighted by Crippen LogP contribution is 2.33. The van der Waals surface area contributed by atoms with Gasteiger partial charge in [0.15, 0.2) is 0 Å². The van der Waals surface area contributed by atoms with Crippen molar-refractivity contribution in [2.45, 2.75) is 19.5 Å². The van der Waals surface area contributed by atoms with Crippen molar-refractivity contribution in [3.05, 3.63) is 59.9 Å². The van der Waals surface area contributed by atoms with Crippen LogP contribution in [0.5, 0.6) is 0 Å². The summed E-state index contributed by atoms with van der Waals surface area (Å²) in [4.78, 5) is 15.0. The standard InChI is InChI=1S/C18H22N2OS/c1-14(13-22-2)18(21)20-12-11-19-10-6-9-16(19)17(20)15-7-4-3-5-8-15/h3-10,14,17H,11-13H2,1-2H3/t14-,17-/m0/s1. The molecule has 1 aliphatic heterocycles. The molecule has 2 aromatic rings. The second-order valence-corrected chi connectivity index (χ2v) is 6.74. The largest absolute Gasteiger partial charge is 0.348 e. The number of hydrogen-bond donors (Lipinski definition) is 0. The summed E-state index contributed by atoms with van der Waals surface area (Å²) < 4.78 is 2.26. The molecular formula is C18H22N2OS. The average molecular weight is 314 g/mol. The molecule has 0 aliphatic carbocycles. The maximum Gasteiger partial charge on any atom is 0.227 e. The van der Waals surface area contributed by atoms with Crippen LogP contribution in [-0.4, -0.2) is 33.9 Å². The van der Waals surface area contributed by atoms with Crippen LogP contribution in [0.1, 0.15) is 24.2 Å². The van der Waals surface area contributed by atoms with Gasteiger partial charge in [-0.05, 0) is 24.0 Å². The van der Waals surface area contributed by atoms with E-state index in [-0.39, 0.29) is 17.9 Å². The van der Waals surface area contributed by atoms with Gasteiger partial charge in [-0.25, -0.2) is 0 Å². The summed E-state index contributed by atoms with van der Waals surface area (Å²) in [5.74, 6) is 1.19. The van der Waals surface area contributed by atoms with Gasteiger partial charge in [-0.3, -0.25) is 4.79 Å². The number of carbonyl (C=O) groups excluding carboxylic acids is 1. The Balaban J connectivity index is 1.97. The van der Waals surface area contributed by atoms with Crippen molar-refractivity contribution in [2.24, 2.45) is 5.92 Å². The van der Waals surface area contributed by atoms with E-state index in [9.17, 15) is 4.79 Å². The molecule has 4 heteroatoms. The number of thioether (sulfide) groups is 1. The minimum atomic E-state index is 0.0294. The van der Waals surface area contributed by atoms with Crippen LogP contribution in [0.25, 0.3) is 0 Å².